The number of nitrogens with one attached hydrogen (secondary N) is 1. The van der Waals surface area contributed by atoms with Crippen LogP contribution in [0.5, 0.6) is 5.75 Å². The molecule has 1 amide bonds. The van der Waals surface area contributed by atoms with Gasteiger partial charge in [0.05, 0.1) is 13.0 Å². The first kappa shape index (κ1) is 17.3. The Morgan fingerprint density at radius 1 is 1.12 bits per heavy atom. The summed E-state index contributed by atoms with van der Waals surface area (Å²) in [7, 11) is 0. The minimum atomic E-state index is 0.00109. The Labute approximate surface area is 149 Å². The van der Waals surface area contributed by atoms with E-state index >= 15 is 0 Å². The Kier molecular flexibility index (Phi) is 5.59. The molecule has 1 aliphatic rings. The van der Waals surface area contributed by atoms with Crippen LogP contribution in [0.25, 0.3) is 0 Å². The number of carbonyl (C=O) groups excluding carboxylic acids is 1. The van der Waals surface area contributed by atoms with E-state index in [1.165, 1.54) is 18.5 Å². The summed E-state index contributed by atoms with van der Waals surface area (Å²) in [6.07, 6.45) is 2.89. The van der Waals surface area contributed by atoms with Gasteiger partial charge in [-0.3, -0.25) is 4.79 Å². The van der Waals surface area contributed by atoms with Crippen molar-refractivity contribution in [2.24, 2.45) is 0 Å². The molecule has 0 spiro atoms. The van der Waals surface area contributed by atoms with Gasteiger partial charge in [0.25, 0.3) is 0 Å². The summed E-state index contributed by atoms with van der Waals surface area (Å²) in [6.45, 7) is 6.91. The SMILES string of the molecule is CCOc1ccc(CC(=O)Nc2ccc(N3CCCC3)cc2C)cc1. The lowest BCUT2D eigenvalue weighted by Crippen LogP contribution is -2.18. The Morgan fingerprint density at radius 2 is 1.84 bits per heavy atom. The normalized spacial score (nSPS) is 13.8. The molecule has 0 unspecified atom stereocenters. The largest absolute Gasteiger partial charge is 0.494 e. The van der Waals surface area contributed by atoms with Crippen LogP contribution >= 0.6 is 0 Å². The first-order chi connectivity index (χ1) is 12.2. The average Bonchev–Trinajstić information content (AvgIpc) is 3.13. The zero-order valence-corrected chi connectivity index (χ0v) is 15.0. The highest BCUT2D eigenvalue weighted by Crippen LogP contribution is 2.25. The van der Waals surface area contributed by atoms with Crippen molar-refractivity contribution < 1.29 is 9.53 Å². The Bertz CT molecular complexity index is 719. The predicted molar refractivity (Wildman–Crippen MR) is 103 cm³/mol. The van der Waals surface area contributed by atoms with E-state index < -0.39 is 0 Å². The van der Waals surface area contributed by atoms with Crippen molar-refractivity contribution in [3.63, 3.8) is 0 Å². The third-order valence-corrected chi connectivity index (χ3v) is 4.55. The number of anilines is 2. The number of rotatable bonds is 6. The van der Waals surface area contributed by atoms with Crippen LogP contribution in [0.4, 0.5) is 11.4 Å². The minimum absolute atomic E-state index is 0.00109. The molecule has 1 aliphatic heterocycles. The smallest absolute Gasteiger partial charge is 0.228 e. The molecule has 1 heterocycles. The molecule has 132 valence electrons. The standard InChI is InChI=1S/C21H26N2O2/c1-3-25-19-9-6-17(7-10-19)15-21(24)22-20-11-8-18(14-16(20)2)23-12-4-5-13-23/h6-11,14H,3-5,12-13,15H2,1-2H3,(H,22,24). The third kappa shape index (κ3) is 4.53. The van der Waals surface area contributed by atoms with E-state index in [2.05, 4.69) is 22.3 Å². The molecule has 0 radical (unpaired) electrons. The van der Waals surface area contributed by atoms with E-state index in [9.17, 15) is 4.79 Å². The lowest BCUT2D eigenvalue weighted by atomic mass is 10.1. The molecular weight excluding hydrogens is 312 g/mol. The molecule has 25 heavy (non-hydrogen) atoms. The summed E-state index contributed by atoms with van der Waals surface area (Å²) in [5.41, 5.74) is 4.22. The van der Waals surface area contributed by atoms with E-state index in [-0.39, 0.29) is 5.91 Å². The maximum Gasteiger partial charge on any atom is 0.228 e. The highest BCUT2D eigenvalue weighted by molar-refractivity contribution is 5.93. The summed E-state index contributed by atoms with van der Waals surface area (Å²) in [5.74, 6) is 0.834. The summed E-state index contributed by atoms with van der Waals surface area (Å²) < 4.78 is 5.43. The predicted octanol–water partition coefficient (Wildman–Crippen LogP) is 4.18. The van der Waals surface area contributed by atoms with E-state index in [0.29, 0.717) is 13.0 Å². The van der Waals surface area contributed by atoms with Gasteiger partial charge >= 0.3 is 0 Å². The van der Waals surface area contributed by atoms with Crippen LogP contribution in [0.3, 0.4) is 0 Å². The van der Waals surface area contributed by atoms with Crippen LogP contribution in [0.1, 0.15) is 30.9 Å². The van der Waals surface area contributed by atoms with Crippen LogP contribution < -0.4 is 15.0 Å². The van der Waals surface area contributed by atoms with Crippen molar-refractivity contribution >= 4 is 17.3 Å². The zero-order valence-electron chi connectivity index (χ0n) is 15.0. The Balaban J connectivity index is 1.60. The number of hydrogen-bond donors (Lipinski definition) is 1. The van der Waals surface area contributed by atoms with Gasteiger partial charge in [-0.05, 0) is 68.1 Å². The van der Waals surface area contributed by atoms with E-state index in [0.717, 1.165) is 35.7 Å². The van der Waals surface area contributed by atoms with Crippen molar-refractivity contribution in [1.29, 1.82) is 0 Å². The average molecular weight is 338 g/mol. The number of amides is 1. The van der Waals surface area contributed by atoms with Gasteiger partial charge in [-0.15, -0.1) is 0 Å². The monoisotopic (exact) mass is 338 g/mol. The molecule has 0 aromatic heterocycles. The second-order valence-electron chi connectivity index (χ2n) is 6.50. The lowest BCUT2D eigenvalue weighted by Gasteiger charge is -2.19. The maximum absolute atomic E-state index is 12.3. The van der Waals surface area contributed by atoms with E-state index in [4.69, 9.17) is 4.74 Å². The van der Waals surface area contributed by atoms with Gasteiger partial charge in [0.2, 0.25) is 5.91 Å². The maximum atomic E-state index is 12.3. The first-order valence-electron chi connectivity index (χ1n) is 9.03. The molecule has 2 aromatic rings. The Hall–Kier alpha value is -2.49. The highest BCUT2D eigenvalue weighted by Gasteiger charge is 2.13. The molecule has 2 aromatic carbocycles. The van der Waals surface area contributed by atoms with Crippen molar-refractivity contribution in [2.45, 2.75) is 33.1 Å². The van der Waals surface area contributed by atoms with Gasteiger partial charge in [-0.1, -0.05) is 12.1 Å². The van der Waals surface area contributed by atoms with Crippen LogP contribution in [0.2, 0.25) is 0 Å². The number of hydrogen-bond acceptors (Lipinski definition) is 3. The van der Waals surface area contributed by atoms with Gasteiger partial charge in [0.1, 0.15) is 5.75 Å². The molecule has 1 saturated heterocycles. The van der Waals surface area contributed by atoms with Gasteiger partial charge < -0.3 is 15.0 Å². The zero-order chi connectivity index (χ0) is 17.6. The summed E-state index contributed by atoms with van der Waals surface area (Å²) in [5, 5.41) is 3.03. The van der Waals surface area contributed by atoms with E-state index in [1.54, 1.807) is 0 Å². The number of carbonyl (C=O) groups is 1. The third-order valence-electron chi connectivity index (χ3n) is 4.55. The lowest BCUT2D eigenvalue weighted by molar-refractivity contribution is -0.115. The van der Waals surface area contributed by atoms with Crippen molar-refractivity contribution in [3.05, 3.63) is 53.6 Å². The first-order valence-corrected chi connectivity index (χ1v) is 9.03. The van der Waals surface area contributed by atoms with Gasteiger partial charge in [0, 0.05) is 24.5 Å². The molecule has 0 aliphatic carbocycles. The molecule has 0 atom stereocenters. The number of ether oxygens (including phenoxy) is 1. The molecule has 0 saturated carbocycles. The number of benzene rings is 2. The fourth-order valence-corrected chi connectivity index (χ4v) is 3.21. The molecular formula is C21H26N2O2. The van der Waals surface area contributed by atoms with Crippen LogP contribution in [0, 0.1) is 6.92 Å². The van der Waals surface area contributed by atoms with Gasteiger partial charge in [-0.2, -0.15) is 0 Å². The van der Waals surface area contributed by atoms with Crippen LogP contribution in [-0.4, -0.2) is 25.6 Å². The van der Waals surface area contributed by atoms with Crippen LogP contribution in [0.15, 0.2) is 42.5 Å². The van der Waals surface area contributed by atoms with E-state index in [1.807, 2.05) is 44.2 Å². The Morgan fingerprint density at radius 3 is 2.48 bits per heavy atom. The molecule has 1 N–H and O–H groups in total. The van der Waals surface area contributed by atoms with Crippen molar-refractivity contribution in [1.82, 2.24) is 0 Å². The topological polar surface area (TPSA) is 41.6 Å². The van der Waals surface area contributed by atoms with Crippen LogP contribution in [-0.2, 0) is 11.2 Å². The molecule has 0 bridgehead atoms. The van der Waals surface area contributed by atoms with Gasteiger partial charge in [-0.25, -0.2) is 0 Å². The summed E-state index contributed by atoms with van der Waals surface area (Å²) in [6, 6.07) is 14.0. The molecule has 1 fully saturated rings. The number of nitrogens with zero attached hydrogens (tertiary/aromatic N) is 1. The summed E-state index contributed by atoms with van der Waals surface area (Å²) in [4.78, 5) is 14.7. The molecule has 4 nitrogen and oxygen atoms in total. The fourth-order valence-electron chi connectivity index (χ4n) is 3.21. The molecule has 4 heteroatoms. The highest BCUT2D eigenvalue weighted by atomic mass is 16.5. The second kappa shape index (κ2) is 8.06. The fraction of sp³-hybridized carbons (Fsp3) is 0.381. The second-order valence-corrected chi connectivity index (χ2v) is 6.50. The number of aryl methyl sites for hydroxylation is 1. The van der Waals surface area contributed by atoms with Crippen molar-refractivity contribution in [2.75, 3.05) is 29.9 Å². The van der Waals surface area contributed by atoms with Gasteiger partial charge in [0.15, 0.2) is 0 Å². The molecule has 3 rings (SSSR count). The minimum Gasteiger partial charge on any atom is -0.494 e. The van der Waals surface area contributed by atoms with Crippen molar-refractivity contribution in [3.8, 4) is 5.75 Å². The quantitative estimate of drug-likeness (QED) is 0.859. The summed E-state index contributed by atoms with van der Waals surface area (Å²) >= 11 is 0.